The summed E-state index contributed by atoms with van der Waals surface area (Å²) in [5.41, 5.74) is 2.06. The number of amides is 2. The lowest BCUT2D eigenvalue weighted by Gasteiger charge is -2.21. The predicted molar refractivity (Wildman–Crippen MR) is 118 cm³/mol. The van der Waals surface area contributed by atoms with Crippen LogP contribution in [0.25, 0.3) is 0 Å². The van der Waals surface area contributed by atoms with Crippen molar-refractivity contribution in [1.82, 2.24) is 9.21 Å². The number of aryl methyl sites for hydroxylation is 1. The van der Waals surface area contributed by atoms with Gasteiger partial charge in [0.2, 0.25) is 15.9 Å². The number of nitrogens with zero attached hydrogens (tertiary/aromatic N) is 2. The number of benzene rings is 2. The average molecular weight is 432 g/mol. The molecule has 0 saturated heterocycles. The van der Waals surface area contributed by atoms with E-state index in [2.05, 4.69) is 5.32 Å². The number of likely N-dealkylation sites (N-methyl/N-ethyl adjacent to an activating group) is 1. The molecular formula is C22H29N3O4S. The summed E-state index contributed by atoms with van der Waals surface area (Å²) < 4.78 is 26.3. The van der Waals surface area contributed by atoms with Crippen molar-refractivity contribution in [2.45, 2.75) is 38.1 Å². The maximum Gasteiger partial charge on any atom is 0.254 e. The highest BCUT2D eigenvalue weighted by Gasteiger charge is 2.23. The van der Waals surface area contributed by atoms with Gasteiger partial charge in [0.1, 0.15) is 0 Å². The molecule has 0 fully saturated rings. The molecule has 0 spiro atoms. The van der Waals surface area contributed by atoms with Crippen LogP contribution in [0.15, 0.2) is 53.4 Å². The van der Waals surface area contributed by atoms with Gasteiger partial charge in [-0.25, -0.2) is 8.42 Å². The fraction of sp³-hybridized carbons (Fsp3) is 0.364. The Morgan fingerprint density at radius 2 is 1.60 bits per heavy atom. The maximum atomic E-state index is 12.6. The number of rotatable bonds is 8. The fourth-order valence-electron chi connectivity index (χ4n) is 2.86. The third-order valence-electron chi connectivity index (χ3n) is 4.91. The third kappa shape index (κ3) is 5.46. The average Bonchev–Trinajstić information content (AvgIpc) is 2.72. The van der Waals surface area contributed by atoms with Gasteiger partial charge in [0.05, 0.1) is 11.4 Å². The molecule has 2 aromatic rings. The zero-order chi connectivity index (χ0) is 22.5. The van der Waals surface area contributed by atoms with Crippen molar-refractivity contribution < 1.29 is 18.0 Å². The number of carbonyl (C=O) groups is 2. The standard InChI is InChI=1S/C22H29N3O4S/c1-6-17-9-7-8-10-20(17)23-21(26)15-24(4)22(27)18-11-13-19(14-12-18)30(28,29)25(5)16(2)3/h7-14,16H,6,15H2,1-5H3,(H,23,26). The summed E-state index contributed by atoms with van der Waals surface area (Å²) in [6, 6.07) is 13.1. The highest BCUT2D eigenvalue weighted by atomic mass is 32.2. The van der Waals surface area contributed by atoms with Crippen molar-refractivity contribution in [3.05, 3.63) is 59.7 Å². The van der Waals surface area contributed by atoms with Crippen molar-refractivity contribution >= 4 is 27.5 Å². The Hall–Kier alpha value is -2.71. The number of para-hydroxylation sites is 1. The summed E-state index contributed by atoms with van der Waals surface area (Å²) in [5.74, 6) is -0.667. The molecule has 0 unspecified atom stereocenters. The number of hydrogen-bond acceptors (Lipinski definition) is 4. The normalized spacial score (nSPS) is 11.6. The van der Waals surface area contributed by atoms with Crippen molar-refractivity contribution in [2.24, 2.45) is 0 Å². The van der Waals surface area contributed by atoms with Crippen LogP contribution in [0.2, 0.25) is 0 Å². The van der Waals surface area contributed by atoms with Crippen molar-refractivity contribution in [2.75, 3.05) is 26.0 Å². The first kappa shape index (κ1) is 23.6. The maximum absolute atomic E-state index is 12.6. The van der Waals surface area contributed by atoms with Gasteiger partial charge >= 0.3 is 0 Å². The summed E-state index contributed by atoms with van der Waals surface area (Å²) in [5, 5.41) is 2.83. The highest BCUT2D eigenvalue weighted by Crippen LogP contribution is 2.18. The van der Waals surface area contributed by atoms with Crippen LogP contribution in [0.4, 0.5) is 5.69 Å². The molecule has 0 saturated carbocycles. The summed E-state index contributed by atoms with van der Waals surface area (Å²) in [7, 11) is -0.568. The number of sulfonamides is 1. The molecule has 0 aliphatic rings. The lowest BCUT2D eigenvalue weighted by molar-refractivity contribution is -0.116. The second-order valence-electron chi connectivity index (χ2n) is 7.36. The van der Waals surface area contributed by atoms with Crippen molar-refractivity contribution in [1.29, 1.82) is 0 Å². The van der Waals surface area contributed by atoms with Crippen molar-refractivity contribution in [3.63, 3.8) is 0 Å². The molecule has 1 N–H and O–H groups in total. The lowest BCUT2D eigenvalue weighted by Crippen LogP contribution is -2.35. The van der Waals surface area contributed by atoms with Gasteiger partial charge in [0.15, 0.2) is 0 Å². The topological polar surface area (TPSA) is 86.8 Å². The van der Waals surface area contributed by atoms with E-state index in [9.17, 15) is 18.0 Å². The Bertz CT molecular complexity index is 1000. The van der Waals surface area contributed by atoms with Crippen LogP contribution < -0.4 is 5.32 Å². The molecule has 2 rings (SSSR count). The Kier molecular flexibility index (Phi) is 7.75. The minimum absolute atomic E-state index is 0.117. The SMILES string of the molecule is CCc1ccccc1NC(=O)CN(C)C(=O)c1ccc(S(=O)(=O)N(C)C(C)C)cc1. The van der Waals surface area contributed by atoms with Gasteiger partial charge in [-0.05, 0) is 56.2 Å². The first-order chi connectivity index (χ1) is 14.1. The van der Waals surface area contributed by atoms with Crippen LogP contribution in [-0.4, -0.2) is 56.1 Å². The molecule has 0 radical (unpaired) electrons. The number of carbonyl (C=O) groups excluding carboxylic acids is 2. The van der Waals surface area contributed by atoms with Crippen LogP contribution in [0.1, 0.15) is 36.7 Å². The molecule has 0 atom stereocenters. The Morgan fingerprint density at radius 1 is 1.00 bits per heavy atom. The quantitative estimate of drug-likeness (QED) is 0.696. The molecule has 0 aliphatic carbocycles. The van der Waals surface area contributed by atoms with E-state index in [0.717, 1.165) is 17.7 Å². The minimum atomic E-state index is -3.62. The Labute approximate surface area is 178 Å². The molecule has 8 heteroatoms. The van der Waals surface area contributed by atoms with Crippen LogP contribution >= 0.6 is 0 Å². The summed E-state index contributed by atoms with van der Waals surface area (Å²) in [6.07, 6.45) is 0.784. The van der Waals surface area contributed by atoms with Gasteiger partial charge in [-0.2, -0.15) is 4.31 Å². The van der Waals surface area contributed by atoms with E-state index in [-0.39, 0.29) is 29.3 Å². The monoisotopic (exact) mass is 431 g/mol. The van der Waals surface area contributed by atoms with Crippen LogP contribution in [0.5, 0.6) is 0 Å². The molecule has 0 aliphatic heterocycles. The highest BCUT2D eigenvalue weighted by molar-refractivity contribution is 7.89. The smallest absolute Gasteiger partial charge is 0.254 e. The molecule has 2 amide bonds. The number of anilines is 1. The fourth-order valence-corrected chi connectivity index (χ4v) is 4.23. The first-order valence-corrected chi connectivity index (χ1v) is 11.2. The third-order valence-corrected chi connectivity index (χ3v) is 6.95. The summed E-state index contributed by atoms with van der Waals surface area (Å²) in [4.78, 5) is 26.4. The van der Waals surface area contributed by atoms with E-state index in [1.165, 1.54) is 47.6 Å². The lowest BCUT2D eigenvalue weighted by atomic mass is 10.1. The second-order valence-corrected chi connectivity index (χ2v) is 9.36. The Balaban J connectivity index is 2.06. The van der Waals surface area contributed by atoms with E-state index < -0.39 is 10.0 Å². The van der Waals surface area contributed by atoms with Gasteiger partial charge < -0.3 is 10.2 Å². The van der Waals surface area contributed by atoms with E-state index in [1.54, 1.807) is 13.8 Å². The molecule has 0 bridgehead atoms. The van der Waals surface area contributed by atoms with Crippen LogP contribution in [-0.2, 0) is 21.2 Å². The summed E-state index contributed by atoms with van der Waals surface area (Å²) in [6.45, 7) is 5.46. The van der Waals surface area contributed by atoms with Crippen LogP contribution in [0, 0.1) is 0 Å². The number of hydrogen-bond donors (Lipinski definition) is 1. The predicted octanol–water partition coefficient (Wildman–Crippen LogP) is 2.99. The van der Waals surface area contributed by atoms with Gasteiger partial charge in [0, 0.05) is 31.4 Å². The molecule has 0 aromatic heterocycles. The van der Waals surface area contributed by atoms with E-state index in [4.69, 9.17) is 0 Å². The first-order valence-electron chi connectivity index (χ1n) is 9.79. The molecule has 162 valence electrons. The number of nitrogens with one attached hydrogen (secondary N) is 1. The van der Waals surface area contributed by atoms with Gasteiger partial charge in [-0.15, -0.1) is 0 Å². The van der Waals surface area contributed by atoms with Crippen molar-refractivity contribution in [3.8, 4) is 0 Å². The molecule has 2 aromatic carbocycles. The van der Waals surface area contributed by atoms with E-state index >= 15 is 0 Å². The van der Waals surface area contributed by atoms with E-state index in [1.807, 2.05) is 31.2 Å². The summed E-state index contributed by atoms with van der Waals surface area (Å²) >= 11 is 0. The molecule has 0 heterocycles. The Morgan fingerprint density at radius 3 is 2.17 bits per heavy atom. The molecular weight excluding hydrogens is 402 g/mol. The van der Waals surface area contributed by atoms with Crippen LogP contribution in [0.3, 0.4) is 0 Å². The van der Waals surface area contributed by atoms with Gasteiger partial charge in [-0.1, -0.05) is 25.1 Å². The second kappa shape index (κ2) is 9.86. The largest absolute Gasteiger partial charge is 0.332 e. The van der Waals surface area contributed by atoms with E-state index in [0.29, 0.717) is 5.56 Å². The molecule has 7 nitrogen and oxygen atoms in total. The zero-order valence-electron chi connectivity index (χ0n) is 18.0. The zero-order valence-corrected chi connectivity index (χ0v) is 18.9. The van der Waals surface area contributed by atoms with Gasteiger partial charge in [-0.3, -0.25) is 9.59 Å². The molecule has 30 heavy (non-hydrogen) atoms. The van der Waals surface area contributed by atoms with Gasteiger partial charge in [0.25, 0.3) is 5.91 Å². The minimum Gasteiger partial charge on any atom is -0.332 e.